The molecule has 0 amide bonds. The maximum Gasteiger partial charge on any atom is 0.311 e. The van der Waals surface area contributed by atoms with Crippen LogP contribution >= 0.6 is 0 Å². The summed E-state index contributed by atoms with van der Waals surface area (Å²) < 4.78 is 1.65. The number of aryl methyl sites for hydroxylation is 1. The molecule has 1 aromatic heterocycles. The van der Waals surface area contributed by atoms with Crippen molar-refractivity contribution in [3.8, 4) is 0 Å². The van der Waals surface area contributed by atoms with Crippen molar-refractivity contribution >= 4 is 5.97 Å². The summed E-state index contributed by atoms with van der Waals surface area (Å²) in [7, 11) is 1.79. The number of carboxylic acid groups (broad SMARTS) is 1. The van der Waals surface area contributed by atoms with E-state index in [4.69, 9.17) is 5.11 Å². The van der Waals surface area contributed by atoms with E-state index in [1.165, 1.54) is 0 Å². The average Bonchev–Trinajstić information content (AvgIpc) is 2.28. The van der Waals surface area contributed by atoms with Gasteiger partial charge in [-0.25, -0.2) is 4.98 Å². The van der Waals surface area contributed by atoms with Crippen molar-refractivity contribution in [3.05, 3.63) is 11.6 Å². The highest BCUT2D eigenvalue weighted by Crippen LogP contribution is 2.05. The predicted molar refractivity (Wildman–Crippen MR) is 50.9 cm³/mol. The number of carbonyl (C=O) groups is 1. The summed E-state index contributed by atoms with van der Waals surface area (Å²) in [6.45, 7) is 4.18. The SMILES string of the molecule is CC(C)Cc1nc(CC(=O)O)nn1C. The zero-order valence-corrected chi connectivity index (χ0v) is 8.69. The van der Waals surface area contributed by atoms with Gasteiger partial charge in [0.25, 0.3) is 0 Å². The van der Waals surface area contributed by atoms with Crippen LogP contribution in [0.25, 0.3) is 0 Å². The lowest BCUT2D eigenvalue weighted by Crippen LogP contribution is -2.03. The van der Waals surface area contributed by atoms with E-state index in [2.05, 4.69) is 23.9 Å². The first kappa shape index (κ1) is 10.7. The maximum atomic E-state index is 10.4. The predicted octanol–water partition coefficient (Wildman–Crippen LogP) is 0.641. The van der Waals surface area contributed by atoms with E-state index in [9.17, 15) is 4.79 Å². The van der Waals surface area contributed by atoms with Crippen LogP contribution in [-0.4, -0.2) is 25.8 Å². The zero-order chi connectivity index (χ0) is 10.7. The zero-order valence-electron chi connectivity index (χ0n) is 8.69. The van der Waals surface area contributed by atoms with Crippen LogP contribution in [0.5, 0.6) is 0 Å². The Kier molecular flexibility index (Phi) is 3.22. The lowest BCUT2D eigenvalue weighted by Gasteiger charge is -2.01. The van der Waals surface area contributed by atoms with Gasteiger partial charge in [0.05, 0.1) is 0 Å². The fourth-order valence-corrected chi connectivity index (χ4v) is 1.23. The van der Waals surface area contributed by atoms with Crippen molar-refractivity contribution in [2.75, 3.05) is 0 Å². The summed E-state index contributed by atoms with van der Waals surface area (Å²) in [5.41, 5.74) is 0. The Labute approximate surface area is 82.8 Å². The topological polar surface area (TPSA) is 68.0 Å². The summed E-state index contributed by atoms with van der Waals surface area (Å²) in [5, 5.41) is 12.6. The molecule has 78 valence electrons. The lowest BCUT2D eigenvalue weighted by atomic mass is 10.1. The quantitative estimate of drug-likeness (QED) is 0.769. The second-order valence-electron chi connectivity index (χ2n) is 3.74. The average molecular weight is 197 g/mol. The van der Waals surface area contributed by atoms with Crippen molar-refractivity contribution in [2.24, 2.45) is 13.0 Å². The molecule has 0 radical (unpaired) electrons. The third kappa shape index (κ3) is 2.83. The summed E-state index contributed by atoms with van der Waals surface area (Å²) in [6.07, 6.45) is 0.717. The van der Waals surface area contributed by atoms with Gasteiger partial charge in [0.2, 0.25) is 0 Å². The summed E-state index contributed by atoms with van der Waals surface area (Å²) >= 11 is 0. The van der Waals surface area contributed by atoms with Gasteiger partial charge in [0, 0.05) is 13.5 Å². The molecular formula is C9H15N3O2. The molecular weight excluding hydrogens is 182 g/mol. The fraction of sp³-hybridized carbons (Fsp3) is 0.667. The van der Waals surface area contributed by atoms with Crippen LogP contribution in [0.4, 0.5) is 0 Å². The minimum Gasteiger partial charge on any atom is -0.481 e. The third-order valence-corrected chi connectivity index (χ3v) is 1.80. The van der Waals surface area contributed by atoms with E-state index in [1.54, 1.807) is 11.7 Å². The Morgan fingerprint density at radius 3 is 2.71 bits per heavy atom. The molecule has 0 aliphatic carbocycles. The van der Waals surface area contributed by atoms with Crippen LogP contribution in [0, 0.1) is 5.92 Å². The van der Waals surface area contributed by atoms with Gasteiger partial charge in [-0.15, -0.1) is 0 Å². The number of hydrogen-bond acceptors (Lipinski definition) is 3. The minimum atomic E-state index is -0.897. The van der Waals surface area contributed by atoms with Gasteiger partial charge in [-0.2, -0.15) is 5.10 Å². The molecule has 1 heterocycles. The largest absolute Gasteiger partial charge is 0.481 e. The van der Waals surface area contributed by atoms with Crippen LogP contribution in [0.2, 0.25) is 0 Å². The maximum absolute atomic E-state index is 10.4. The smallest absolute Gasteiger partial charge is 0.311 e. The van der Waals surface area contributed by atoms with Crippen molar-refractivity contribution in [2.45, 2.75) is 26.7 Å². The Balaban J connectivity index is 2.76. The molecule has 0 saturated heterocycles. The van der Waals surface area contributed by atoms with Crippen LogP contribution < -0.4 is 0 Å². The second kappa shape index (κ2) is 4.21. The Hall–Kier alpha value is -1.39. The number of carboxylic acids is 1. The van der Waals surface area contributed by atoms with Gasteiger partial charge in [0.1, 0.15) is 12.2 Å². The molecule has 1 rings (SSSR count). The van der Waals surface area contributed by atoms with Gasteiger partial charge in [-0.1, -0.05) is 13.8 Å². The molecule has 0 bridgehead atoms. The summed E-state index contributed by atoms with van der Waals surface area (Å²) in [6, 6.07) is 0. The van der Waals surface area contributed by atoms with E-state index >= 15 is 0 Å². The first-order valence-electron chi connectivity index (χ1n) is 4.59. The molecule has 5 nitrogen and oxygen atoms in total. The fourth-order valence-electron chi connectivity index (χ4n) is 1.23. The minimum absolute atomic E-state index is 0.105. The van der Waals surface area contributed by atoms with E-state index in [-0.39, 0.29) is 6.42 Å². The van der Waals surface area contributed by atoms with E-state index in [0.717, 1.165) is 12.2 Å². The Bertz CT molecular complexity index is 331. The highest BCUT2D eigenvalue weighted by atomic mass is 16.4. The van der Waals surface area contributed by atoms with Crippen molar-refractivity contribution in [3.63, 3.8) is 0 Å². The first-order valence-corrected chi connectivity index (χ1v) is 4.59. The first-order chi connectivity index (χ1) is 6.49. The molecule has 5 heteroatoms. The van der Waals surface area contributed by atoms with Gasteiger partial charge in [0.15, 0.2) is 5.82 Å². The van der Waals surface area contributed by atoms with Crippen molar-refractivity contribution in [1.82, 2.24) is 14.8 Å². The second-order valence-corrected chi connectivity index (χ2v) is 3.74. The molecule has 1 N–H and O–H groups in total. The highest BCUT2D eigenvalue weighted by Gasteiger charge is 2.11. The van der Waals surface area contributed by atoms with Crippen molar-refractivity contribution in [1.29, 1.82) is 0 Å². The molecule has 0 unspecified atom stereocenters. The molecule has 0 atom stereocenters. The van der Waals surface area contributed by atoms with Crippen LogP contribution in [0.3, 0.4) is 0 Å². The van der Waals surface area contributed by atoms with E-state index < -0.39 is 5.97 Å². The van der Waals surface area contributed by atoms with Gasteiger partial charge >= 0.3 is 5.97 Å². The number of aliphatic carboxylic acids is 1. The van der Waals surface area contributed by atoms with Crippen LogP contribution in [0.1, 0.15) is 25.5 Å². The van der Waals surface area contributed by atoms with Gasteiger partial charge in [-0.05, 0) is 5.92 Å². The molecule has 0 aliphatic rings. The van der Waals surface area contributed by atoms with Crippen LogP contribution in [0.15, 0.2) is 0 Å². The van der Waals surface area contributed by atoms with E-state index in [0.29, 0.717) is 11.7 Å². The number of rotatable bonds is 4. The van der Waals surface area contributed by atoms with Gasteiger partial charge in [-0.3, -0.25) is 9.48 Å². The number of nitrogens with zero attached hydrogens (tertiary/aromatic N) is 3. The van der Waals surface area contributed by atoms with E-state index in [1.807, 2.05) is 0 Å². The Morgan fingerprint density at radius 2 is 2.21 bits per heavy atom. The molecule has 1 aromatic rings. The normalized spacial score (nSPS) is 10.9. The Morgan fingerprint density at radius 1 is 1.57 bits per heavy atom. The van der Waals surface area contributed by atoms with Crippen molar-refractivity contribution < 1.29 is 9.90 Å². The number of hydrogen-bond donors (Lipinski definition) is 1. The summed E-state index contributed by atoms with van der Waals surface area (Å²) in [4.78, 5) is 14.6. The molecule has 14 heavy (non-hydrogen) atoms. The molecule has 0 saturated carbocycles. The molecule has 0 spiro atoms. The lowest BCUT2D eigenvalue weighted by molar-refractivity contribution is -0.136. The number of aromatic nitrogens is 3. The third-order valence-electron chi connectivity index (χ3n) is 1.80. The molecule has 0 fully saturated rings. The standard InChI is InChI=1S/C9H15N3O2/c1-6(2)4-8-10-7(5-9(13)14)11-12(8)3/h6H,4-5H2,1-3H3,(H,13,14). The van der Waals surface area contributed by atoms with Gasteiger partial charge < -0.3 is 5.11 Å². The highest BCUT2D eigenvalue weighted by molar-refractivity contribution is 5.68. The molecule has 0 aromatic carbocycles. The molecule has 0 aliphatic heterocycles. The summed E-state index contributed by atoms with van der Waals surface area (Å²) in [5.74, 6) is 0.828. The van der Waals surface area contributed by atoms with Crippen LogP contribution in [-0.2, 0) is 24.7 Å². The monoisotopic (exact) mass is 197 g/mol.